The number of carboxylic acids is 1. The number of ether oxygens (including phenoxy) is 1. The van der Waals surface area contributed by atoms with Crippen LogP contribution in [0.4, 0.5) is 0 Å². The molecule has 31 heavy (non-hydrogen) atoms. The second-order valence-corrected chi connectivity index (χ2v) is 8.10. The van der Waals surface area contributed by atoms with E-state index >= 15 is 0 Å². The van der Waals surface area contributed by atoms with Gasteiger partial charge in [-0.25, -0.2) is 4.79 Å². The van der Waals surface area contributed by atoms with Crippen molar-refractivity contribution in [2.24, 2.45) is 0 Å². The number of benzene rings is 2. The summed E-state index contributed by atoms with van der Waals surface area (Å²) in [5, 5.41) is 19.6. The van der Waals surface area contributed by atoms with Gasteiger partial charge in [0, 0.05) is 21.6 Å². The summed E-state index contributed by atoms with van der Waals surface area (Å²) in [4.78, 5) is 28.9. The van der Waals surface area contributed by atoms with Gasteiger partial charge in [0.1, 0.15) is 18.1 Å². The molecule has 1 heterocycles. The first-order chi connectivity index (χ1) is 14.9. The average Bonchev–Trinajstić information content (AvgIpc) is 2.75. The minimum absolute atomic E-state index is 0.0184. The highest BCUT2D eigenvalue weighted by Gasteiger charge is 2.16. The third kappa shape index (κ3) is 5.64. The number of aromatic carboxylic acids is 1. The van der Waals surface area contributed by atoms with Crippen LogP contribution in [0, 0.1) is 0 Å². The van der Waals surface area contributed by atoms with Gasteiger partial charge in [-0.3, -0.25) is 9.78 Å². The first-order valence-electron chi connectivity index (χ1n) is 9.83. The maximum Gasteiger partial charge on any atom is 0.335 e. The lowest BCUT2D eigenvalue weighted by molar-refractivity contribution is 0.0696. The molecule has 0 spiro atoms. The monoisotopic (exact) mass is 437 g/mol. The molecule has 0 saturated heterocycles. The van der Waals surface area contributed by atoms with Gasteiger partial charge >= 0.3 is 5.97 Å². The summed E-state index contributed by atoms with van der Waals surface area (Å²) >= 11 is 1.43. The Balaban J connectivity index is 1.69. The number of carbonyl (C=O) groups is 2. The Morgan fingerprint density at radius 1 is 1.10 bits per heavy atom. The van der Waals surface area contributed by atoms with E-state index < -0.39 is 5.97 Å². The van der Waals surface area contributed by atoms with Crippen LogP contribution in [0.25, 0.3) is 0 Å². The fourth-order valence-corrected chi connectivity index (χ4v) is 3.91. The van der Waals surface area contributed by atoms with Crippen molar-refractivity contribution in [1.82, 2.24) is 4.98 Å². The van der Waals surface area contributed by atoms with Crippen LogP contribution in [0.1, 0.15) is 52.2 Å². The van der Waals surface area contributed by atoms with Crippen molar-refractivity contribution in [3.05, 3.63) is 77.1 Å². The van der Waals surface area contributed by atoms with Crippen molar-refractivity contribution in [2.75, 3.05) is 0 Å². The molecule has 0 fully saturated rings. The van der Waals surface area contributed by atoms with E-state index in [2.05, 4.69) is 4.98 Å². The molecular formula is C24H23NO5S. The van der Waals surface area contributed by atoms with E-state index in [-0.39, 0.29) is 23.7 Å². The highest BCUT2D eigenvalue weighted by atomic mass is 32.2. The van der Waals surface area contributed by atoms with Crippen LogP contribution in [0.5, 0.6) is 11.5 Å². The number of aromatic hydroxyl groups is 1. The molecule has 0 aliphatic heterocycles. The molecular weight excluding hydrogens is 414 g/mol. The van der Waals surface area contributed by atoms with Crippen molar-refractivity contribution in [2.45, 2.75) is 43.1 Å². The number of hydrogen-bond acceptors (Lipinski definition) is 6. The third-order valence-electron chi connectivity index (χ3n) is 4.61. The Labute approximate surface area is 184 Å². The normalized spacial score (nSPS) is 10.6. The van der Waals surface area contributed by atoms with E-state index in [1.807, 2.05) is 25.1 Å². The molecule has 3 aromatic rings. The molecule has 0 bridgehead atoms. The highest BCUT2D eigenvalue weighted by molar-refractivity contribution is 7.99. The topological polar surface area (TPSA) is 96.7 Å². The quantitative estimate of drug-likeness (QED) is 0.434. The summed E-state index contributed by atoms with van der Waals surface area (Å²) < 4.78 is 5.89. The van der Waals surface area contributed by atoms with Gasteiger partial charge in [-0.15, -0.1) is 0 Å². The van der Waals surface area contributed by atoms with E-state index in [0.717, 1.165) is 16.2 Å². The Morgan fingerprint density at radius 2 is 1.90 bits per heavy atom. The van der Waals surface area contributed by atoms with Crippen molar-refractivity contribution in [3.63, 3.8) is 0 Å². The number of carboxylic acid groups (broad SMARTS) is 1. The Kier molecular flexibility index (Phi) is 7.31. The van der Waals surface area contributed by atoms with Crippen LogP contribution in [-0.2, 0) is 13.0 Å². The molecule has 0 radical (unpaired) electrons. The lowest BCUT2D eigenvalue weighted by Crippen LogP contribution is -2.03. The van der Waals surface area contributed by atoms with Gasteiger partial charge in [-0.2, -0.15) is 0 Å². The van der Waals surface area contributed by atoms with E-state index in [1.54, 1.807) is 36.5 Å². The molecule has 1 aromatic heterocycles. The standard InChI is InChI=1S/C24H23NO5S/c1-3-5-21-22(11-10-20(15(2)26)23(21)27)30-14-17-8-9-19(13-25-17)31-18-7-4-6-16(12-18)24(28)29/h4,6-13,27H,3,5,14H2,1-2H3,(H,28,29). The number of phenols is 1. The first kappa shape index (κ1) is 22.4. The van der Waals surface area contributed by atoms with E-state index in [4.69, 9.17) is 9.84 Å². The SMILES string of the molecule is CCCc1c(OCc2ccc(Sc3cccc(C(=O)O)c3)cn2)ccc(C(C)=O)c1O. The molecule has 0 aliphatic rings. The number of aromatic nitrogens is 1. The molecule has 7 heteroatoms. The van der Waals surface area contributed by atoms with Gasteiger partial charge in [0.2, 0.25) is 0 Å². The van der Waals surface area contributed by atoms with E-state index in [0.29, 0.717) is 29.0 Å². The number of hydrogen-bond donors (Lipinski definition) is 2. The lowest BCUT2D eigenvalue weighted by atomic mass is 10.0. The Hall–Kier alpha value is -3.32. The average molecular weight is 438 g/mol. The van der Waals surface area contributed by atoms with Crippen molar-refractivity contribution in [1.29, 1.82) is 0 Å². The number of carbonyl (C=O) groups excluding carboxylic acids is 1. The van der Waals surface area contributed by atoms with Gasteiger partial charge in [0.15, 0.2) is 5.78 Å². The molecule has 3 rings (SSSR count). The van der Waals surface area contributed by atoms with Crippen LogP contribution in [0.2, 0.25) is 0 Å². The Bertz CT molecular complexity index is 1100. The maximum atomic E-state index is 11.7. The molecule has 6 nitrogen and oxygen atoms in total. The second kappa shape index (κ2) is 10.1. The number of ketones is 1. The lowest BCUT2D eigenvalue weighted by Gasteiger charge is -2.14. The first-order valence-corrected chi connectivity index (χ1v) is 10.7. The summed E-state index contributed by atoms with van der Waals surface area (Å²) in [7, 11) is 0. The van der Waals surface area contributed by atoms with E-state index in [9.17, 15) is 14.7 Å². The summed E-state index contributed by atoms with van der Waals surface area (Å²) in [6.45, 7) is 3.63. The van der Waals surface area contributed by atoms with Crippen molar-refractivity contribution >= 4 is 23.5 Å². The Morgan fingerprint density at radius 3 is 2.55 bits per heavy atom. The third-order valence-corrected chi connectivity index (χ3v) is 5.58. The van der Waals surface area contributed by atoms with Crippen molar-refractivity contribution in [3.8, 4) is 11.5 Å². The van der Waals surface area contributed by atoms with Crippen LogP contribution < -0.4 is 4.74 Å². The zero-order valence-electron chi connectivity index (χ0n) is 17.3. The molecule has 0 atom stereocenters. The number of rotatable bonds is 9. The zero-order valence-corrected chi connectivity index (χ0v) is 18.1. The smallest absolute Gasteiger partial charge is 0.335 e. The largest absolute Gasteiger partial charge is 0.507 e. The zero-order chi connectivity index (χ0) is 22.4. The number of Topliss-reactive ketones (excluding diaryl/α,β-unsaturated/α-hetero) is 1. The summed E-state index contributed by atoms with van der Waals surface area (Å²) in [6.07, 6.45) is 3.11. The minimum Gasteiger partial charge on any atom is -0.507 e. The van der Waals surface area contributed by atoms with Gasteiger partial charge < -0.3 is 14.9 Å². The van der Waals surface area contributed by atoms with Crippen LogP contribution >= 0.6 is 11.8 Å². The molecule has 2 N–H and O–H groups in total. The van der Waals surface area contributed by atoms with Gasteiger partial charge in [0.05, 0.1) is 16.8 Å². The van der Waals surface area contributed by atoms with Crippen LogP contribution in [0.3, 0.4) is 0 Å². The molecule has 160 valence electrons. The van der Waals surface area contributed by atoms with Crippen molar-refractivity contribution < 1.29 is 24.5 Å². The number of nitrogens with zero attached hydrogens (tertiary/aromatic N) is 1. The van der Waals surface area contributed by atoms with Crippen LogP contribution in [0.15, 0.2) is 64.5 Å². The fraction of sp³-hybridized carbons (Fsp3) is 0.208. The van der Waals surface area contributed by atoms with Gasteiger partial charge in [-0.1, -0.05) is 31.2 Å². The molecule has 2 aromatic carbocycles. The van der Waals surface area contributed by atoms with Gasteiger partial charge in [0.25, 0.3) is 0 Å². The summed E-state index contributed by atoms with van der Waals surface area (Å²) in [5.41, 5.74) is 1.87. The summed E-state index contributed by atoms with van der Waals surface area (Å²) in [5.74, 6) is -0.631. The second-order valence-electron chi connectivity index (χ2n) is 6.95. The minimum atomic E-state index is -0.960. The van der Waals surface area contributed by atoms with E-state index in [1.165, 1.54) is 18.7 Å². The number of phenolic OH excluding ortho intramolecular Hbond substituents is 1. The highest BCUT2D eigenvalue weighted by Crippen LogP contribution is 2.33. The fourth-order valence-electron chi connectivity index (χ4n) is 3.07. The molecule has 0 aliphatic carbocycles. The van der Waals surface area contributed by atoms with Crippen LogP contribution in [-0.4, -0.2) is 26.9 Å². The molecule has 0 saturated carbocycles. The predicted molar refractivity (Wildman–Crippen MR) is 118 cm³/mol. The maximum absolute atomic E-state index is 11.7. The predicted octanol–water partition coefficient (Wildman–Crippen LogP) is 5.37. The van der Waals surface area contributed by atoms with Gasteiger partial charge in [-0.05, 0) is 55.8 Å². The number of pyridine rings is 1. The molecule has 0 unspecified atom stereocenters. The molecule has 0 amide bonds. The summed E-state index contributed by atoms with van der Waals surface area (Å²) in [6, 6.07) is 13.8.